The number of hydrogen-bond donors (Lipinski definition) is 1. The van der Waals surface area contributed by atoms with E-state index in [1.165, 1.54) is 4.31 Å². The van der Waals surface area contributed by atoms with Crippen LogP contribution in [0.2, 0.25) is 0 Å². The molecule has 0 heterocycles. The summed E-state index contributed by atoms with van der Waals surface area (Å²) < 4.78 is 34.2. The van der Waals surface area contributed by atoms with E-state index in [0.29, 0.717) is 29.8 Å². The van der Waals surface area contributed by atoms with Crippen LogP contribution >= 0.6 is 0 Å². The van der Waals surface area contributed by atoms with E-state index in [4.69, 9.17) is 4.74 Å². The Morgan fingerprint density at radius 1 is 1.29 bits per heavy atom. The first kappa shape index (κ1) is 14.7. The topological polar surface area (TPSA) is 58.6 Å². The summed E-state index contributed by atoms with van der Waals surface area (Å²) in [5, 5.41) is 0. The Balaban J connectivity index is 1.81. The monoisotopic (exact) mass is 310 g/mol. The molecule has 0 unspecified atom stereocenters. The Morgan fingerprint density at radius 2 is 2.00 bits per heavy atom. The lowest BCUT2D eigenvalue weighted by Crippen LogP contribution is -2.34. The number of benzene rings is 1. The zero-order valence-corrected chi connectivity index (χ0v) is 13.3. The predicted octanol–water partition coefficient (Wildman–Crippen LogP) is 2.57. The summed E-state index contributed by atoms with van der Waals surface area (Å²) in [7, 11) is -0.270. The lowest BCUT2D eigenvalue weighted by Gasteiger charge is -2.20. The van der Waals surface area contributed by atoms with E-state index >= 15 is 0 Å². The molecule has 3 rings (SSSR count). The fraction of sp³-hybridized carbons (Fsp3) is 0.600. The molecule has 0 saturated heterocycles. The highest BCUT2D eigenvalue weighted by Crippen LogP contribution is 2.44. The number of rotatable bonds is 7. The van der Waals surface area contributed by atoms with Crippen molar-refractivity contribution in [2.75, 3.05) is 25.4 Å². The highest BCUT2D eigenvalue weighted by Gasteiger charge is 2.31. The average molecular weight is 310 g/mol. The zero-order valence-electron chi connectivity index (χ0n) is 12.5. The van der Waals surface area contributed by atoms with Gasteiger partial charge in [0.2, 0.25) is 0 Å². The van der Waals surface area contributed by atoms with E-state index in [0.717, 1.165) is 31.2 Å². The normalized spacial score (nSPS) is 18.8. The van der Waals surface area contributed by atoms with Gasteiger partial charge in [0.1, 0.15) is 5.75 Å². The standard InChI is InChI=1S/C15H22N2O3S/c1-17(10-11-3-4-11)21(18,19)16-15-9-13(20-2)7-8-14(15)12-5-6-12/h7-9,11-12,16H,3-6,10H2,1-2H3. The summed E-state index contributed by atoms with van der Waals surface area (Å²) >= 11 is 0. The molecule has 1 aromatic rings. The Hall–Kier alpha value is -1.27. The summed E-state index contributed by atoms with van der Waals surface area (Å²) in [4.78, 5) is 0. The number of anilines is 1. The fourth-order valence-corrected chi connectivity index (χ4v) is 3.50. The molecule has 0 radical (unpaired) electrons. The highest BCUT2D eigenvalue weighted by molar-refractivity contribution is 7.90. The van der Waals surface area contributed by atoms with E-state index in [2.05, 4.69) is 4.72 Å². The van der Waals surface area contributed by atoms with Crippen molar-refractivity contribution in [2.45, 2.75) is 31.6 Å². The second-order valence-electron chi connectivity index (χ2n) is 6.06. The quantitative estimate of drug-likeness (QED) is 0.842. The second-order valence-corrected chi connectivity index (χ2v) is 7.84. The largest absolute Gasteiger partial charge is 0.497 e. The summed E-state index contributed by atoms with van der Waals surface area (Å²) in [6, 6.07) is 5.63. The molecule has 0 aliphatic heterocycles. The average Bonchev–Trinajstić information content (AvgIpc) is 3.31. The number of nitrogens with one attached hydrogen (secondary N) is 1. The van der Waals surface area contributed by atoms with Crippen molar-refractivity contribution in [1.29, 1.82) is 0 Å². The molecule has 2 aliphatic rings. The SMILES string of the molecule is COc1ccc(C2CC2)c(NS(=O)(=O)N(C)CC2CC2)c1. The van der Waals surface area contributed by atoms with Crippen LogP contribution in [0.15, 0.2) is 18.2 Å². The van der Waals surface area contributed by atoms with Crippen molar-refractivity contribution >= 4 is 15.9 Å². The van der Waals surface area contributed by atoms with Gasteiger partial charge in [0.25, 0.3) is 0 Å². The van der Waals surface area contributed by atoms with Crippen molar-refractivity contribution in [2.24, 2.45) is 5.92 Å². The molecule has 1 aromatic carbocycles. The Kier molecular flexibility index (Phi) is 3.84. The van der Waals surface area contributed by atoms with Crippen LogP contribution in [-0.2, 0) is 10.2 Å². The van der Waals surface area contributed by atoms with Crippen molar-refractivity contribution in [3.63, 3.8) is 0 Å². The van der Waals surface area contributed by atoms with Crippen LogP contribution in [0.5, 0.6) is 5.75 Å². The van der Waals surface area contributed by atoms with Gasteiger partial charge in [0.15, 0.2) is 0 Å². The molecule has 0 bridgehead atoms. The molecule has 0 aromatic heterocycles. The highest BCUT2D eigenvalue weighted by atomic mass is 32.2. The third-order valence-electron chi connectivity index (χ3n) is 4.14. The molecule has 0 atom stereocenters. The summed E-state index contributed by atoms with van der Waals surface area (Å²) in [6.45, 7) is 0.595. The maximum absolute atomic E-state index is 12.4. The van der Waals surface area contributed by atoms with Gasteiger partial charge >= 0.3 is 10.2 Å². The van der Waals surface area contributed by atoms with Gasteiger partial charge in [-0.25, -0.2) is 0 Å². The van der Waals surface area contributed by atoms with Gasteiger partial charge in [-0.1, -0.05) is 6.07 Å². The number of methoxy groups -OCH3 is 1. The molecule has 21 heavy (non-hydrogen) atoms. The fourth-order valence-electron chi connectivity index (χ4n) is 2.48. The maximum Gasteiger partial charge on any atom is 0.301 e. The number of hydrogen-bond acceptors (Lipinski definition) is 3. The van der Waals surface area contributed by atoms with Crippen LogP contribution in [0.4, 0.5) is 5.69 Å². The van der Waals surface area contributed by atoms with Crippen LogP contribution in [0, 0.1) is 5.92 Å². The van der Waals surface area contributed by atoms with Crippen LogP contribution in [0.1, 0.15) is 37.2 Å². The van der Waals surface area contributed by atoms with Crippen LogP contribution in [0.3, 0.4) is 0 Å². The first-order valence-electron chi connectivity index (χ1n) is 7.41. The van der Waals surface area contributed by atoms with Crippen molar-refractivity contribution in [3.05, 3.63) is 23.8 Å². The van der Waals surface area contributed by atoms with Crippen LogP contribution in [-0.4, -0.2) is 33.4 Å². The molecule has 0 amide bonds. The minimum absolute atomic E-state index is 0.474. The first-order valence-corrected chi connectivity index (χ1v) is 8.85. The van der Waals surface area contributed by atoms with Gasteiger partial charge in [-0.2, -0.15) is 12.7 Å². The summed E-state index contributed by atoms with van der Waals surface area (Å²) in [5.41, 5.74) is 1.72. The molecular formula is C15H22N2O3S. The van der Waals surface area contributed by atoms with Crippen molar-refractivity contribution in [3.8, 4) is 5.75 Å². The number of nitrogens with zero attached hydrogens (tertiary/aromatic N) is 1. The van der Waals surface area contributed by atoms with Gasteiger partial charge < -0.3 is 4.74 Å². The van der Waals surface area contributed by atoms with Crippen LogP contribution < -0.4 is 9.46 Å². The van der Waals surface area contributed by atoms with Gasteiger partial charge in [-0.05, 0) is 49.1 Å². The van der Waals surface area contributed by atoms with Gasteiger partial charge in [-0.3, -0.25) is 4.72 Å². The van der Waals surface area contributed by atoms with Gasteiger partial charge in [0.05, 0.1) is 12.8 Å². The number of ether oxygens (including phenoxy) is 1. The zero-order chi connectivity index (χ0) is 15.0. The molecule has 5 nitrogen and oxygen atoms in total. The lowest BCUT2D eigenvalue weighted by atomic mass is 10.1. The van der Waals surface area contributed by atoms with Crippen molar-refractivity contribution < 1.29 is 13.2 Å². The van der Waals surface area contributed by atoms with E-state index in [1.54, 1.807) is 20.2 Å². The smallest absolute Gasteiger partial charge is 0.301 e. The maximum atomic E-state index is 12.4. The molecule has 2 fully saturated rings. The second kappa shape index (κ2) is 5.50. The molecule has 2 saturated carbocycles. The minimum Gasteiger partial charge on any atom is -0.497 e. The Bertz CT molecular complexity index is 622. The Morgan fingerprint density at radius 3 is 2.57 bits per heavy atom. The molecule has 1 N–H and O–H groups in total. The third kappa shape index (κ3) is 3.49. The molecule has 2 aliphatic carbocycles. The lowest BCUT2D eigenvalue weighted by molar-refractivity contribution is 0.415. The third-order valence-corrected chi connectivity index (χ3v) is 5.59. The van der Waals surface area contributed by atoms with E-state index in [-0.39, 0.29) is 0 Å². The van der Waals surface area contributed by atoms with Crippen LogP contribution in [0.25, 0.3) is 0 Å². The summed E-state index contributed by atoms with van der Waals surface area (Å²) in [5.74, 6) is 1.67. The predicted molar refractivity (Wildman–Crippen MR) is 82.9 cm³/mol. The first-order chi connectivity index (χ1) is 9.99. The van der Waals surface area contributed by atoms with Gasteiger partial charge in [0, 0.05) is 19.7 Å². The summed E-state index contributed by atoms with van der Waals surface area (Å²) in [6.07, 6.45) is 4.51. The molecule has 116 valence electrons. The molecule has 0 spiro atoms. The van der Waals surface area contributed by atoms with E-state index in [9.17, 15) is 8.42 Å². The molecular weight excluding hydrogens is 288 g/mol. The Labute approximate surface area is 126 Å². The van der Waals surface area contributed by atoms with E-state index < -0.39 is 10.2 Å². The van der Waals surface area contributed by atoms with Gasteiger partial charge in [-0.15, -0.1) is 0 Å². The van der Waals surface area contributed by atoms with Crippen molar-refractivity contribution in [1.82, 2.24) is 4.31 Å². The minimum atomic E-state index is -3.49. The van der Waals surface area contributed by atoms with E-state index in [1.807, 2.05) is 12.1 Å². The molecule has 6 heteroatoms.